The number of anilines is 1. The highest BCUT2D eigenvalue weighted by Gasteiger charge is 2.22. The van der Waals surface area contributed by atoms with Crippen LogP contribution in [0.2, 0.25) is 10.0 Å². The van der Waals surface area contributed by atoms with Gasteiger partial charge in [-0.3, -0.25) is 19.6 Å². The summed E-state index contributed by atoms with van der Waals surface area (Å²) in [4.78, 5) is 35.2. The van der Waals surface area contributed by atoms with Gasteiger partial charge >= 0.3 is 0 Å². The lowest BCUT2D eigenvalue weighted by atomic mass is 10.1. The molecule has 0 aliphatic carbocycles. The van der Waals surface area contributed by atoms with Gasteiger partial charge in [0.15, 0.2) is 5.69 Å². The summed E-state index contributed by atoms with van der Waals surface area (Å²) in [5.41, 5.74) is 4.56. The van der Waals surface area contributed by atoms with E-state index < -0.39 is 11.8 Å². The van der Waals surface area contributed by atoms with E-state index >= 15 is 0 Å². The third-order valence-electron chi connectivity index (χ3n) is 6.01. The van der Waals surface area contributed by atoms with Crippen molar-refractivity contribution in [1.82, 2.24) is 20.1 Å². The van der Waals surface area contributed by atoms with Gasteiger partial charge in [0.1, 0.15) is 5.82 Å². The third-order valence-corrected chi connectivity index (χ3v) is 6.63. The molecule has 0 atom stereocenters. The van der Waals surface area contributed by atoms with Crippen molar-refractivity contribution in [1.29, 1.82) is 0 Å². The molecule has 4 aromatic rings. The van der Waals surface area contributed by atoms with Gasteiger partial charge in [-0.2, -0.15) is 5.10 Å². The number of allylic oxidation sites excluding steroid dienone is 1. The van der Waals surface area contributed by atoms with Crippen molar-refractivity contribution < 1.29 is 9.59 Å². The minimum absolute atomic E-state index is 0.125. The first kappa shape index (κ1) is 25.4. The van der Waals surface area contributed by atoms with Crippen molar-refractivity contribution in [3.8, 4) is 16.9 Å². The summed E-state index contributed by atoms with van der Waals surface area (Å²) in [6.45, 7) is 4.30. The maximum absolute atomic E-state index is 13.4. The first-order valence-corrected chi connectivity index (χ1v) is 12.5. The molecule has 0 spiro atoms. The first-order chi connectivity index (χ1) is 18.3. The molecule has 0 fully saturated rings. The largest absolute Gasteiger partial charge is 0.319 e. The molecular weight excluding hydrogens is 523 g/mol. The summed E-state index contributed by atoms with van der Waals surface area (Å²) in [5, 5.41) is 10.8. The van der Waals surface area contributed by atoms with Crippen LogP contribution in [0.3, 0.4) is 0 Å². The highest BCUT2D eigenvalue weighted by Crippen LogP contribution is 2.32. The number of benzene rings is 2. The van der Waals surface area contributed by atoms with Crippen LogP contribution in [-0.2, 0) is 0 Å². The van der Waals surface area contributed by atoms with Gasteiger partial charge in [0, 0.05) is 17.8 Å². The number of rotatable bonds is 6. The molecule has 190 valence electrons. The molecule has 10 heteroatoms. The number of halogens is 2. The van der Waals surface area contributed by atoms with E-state index in [1.165, 1.54) is 16.8 Å². The van der Waals surface area contributed by atoms with Gasteiger partial charge in [0.25, 0.3) is 11.8 Å². The van der Waals surface area contributed by atoms with Crippen molar-refractivity contribution in [3.63, 3.8) is 0 Å². The van der Waals surface area contributed by atoms with E-state index in [-0.39, 0.29) is 16.3 Å². The van der Waals surface area contributed by atoms with Crippen LogP contribution in [0, 0.1) is 0 Å². The van der Waals surface area contributed by atoms with Gasteiger partial charge < -0.3 is 10.6 Å². The summed E-state index contributed by atoms with van der Waals surface area (Å²) in [6, 6.07) is 19.2. The minimum Gasteiger partial charge on any atom is -0.319 e. The average molecular weight is 545 g/mol. The van der Waals surface area contributed by atoms with Crippen molar-refractivity contribution in [2.75, 3.05) is 11.9 Å². The number of amides is 2. The molecule has 5 rings (SSSR count). The van der Waals surface area contributed by atoms with E-state index in [1.54, 1.807) is 24.4 Å². The van der Waals surface area contributed by atoms with Gasteiger partial charge in [-0.25, -0.2) is 4.68 Å². The molecular formula is C28H22Cl2N6O2. The van der Waals surface area contributed by atoms with Crippen LogP contribution < -0.4 is 10.6 Å². The Balaban J connectivity index is 1.49. The molecule has 1 aliphatic heterocycles. The zero-order valence-corrected chi connectivity index (χ0v) is 22.0. The molecule has 2 amide bonds. The van der Waals surface area contributed by atoms with E-state index in [0.29, 0.717) is 40.0 Å². The number of hydrogen-bond acceptors (Lipinski definition) is 5. The lowest BCUT2D eigenvalue weighted by Crippen LogP contribution is -2.26. The van der Waals surface area contributed by atoms with Crippen LogP contribution in [0.25, 0.3) is 16.9 Å². The number of aliphatic imine (C=N–C) groups is 1. The highest BCUT2D eigenvalue weighted by atomic mass is 35.5. The molecule has 2 aromatic carbocycles. The number of carbonyl (C=O) groups excluding carboxylic acids is 2. The van der Waals surface area contributed by atoms with Gasteiger partial charge in [-0.05, 0) is 55.8 Å². The average Bonchev–Trinajstić information content (AvgIpc) is 3.48. The monoisotopic (exact) mass is 544 g/mol. The van der Waals surface area contributed by atoms with Gasteiger partial charge in [-0.1, -0.05) is 47.5 Å². The maximum atomic E-state index is 13.4. The zero-order valence-electron chi connectivity index (χ0n) is 20.5. The van der Waals surface area contributed by atoms with Crippen molar-refractivity contribution >= 4 is 46.5 Å². The summed E-state index contributed by atoms with van der Waals surface area (Å²) in [7, 11) is 0. The van der Waals surface area contributed by atoms with Gasteiger partial charge in [0.05, 0.1) is 44.9 Å². The SMILES string of the molecule is CC1=NCC(C)=C1NC(=O)c1cc(NC(=O)c2cc(-c3ccccn3)c(Cl)cc2Cl)n(-c2ccccc2)n1. The number of para-hydroxylation sites is 1. The second kappa shape index (κ2) is 10.6. The molecule has 1 aliphatic rings. The lowest BCUT2D eigenvalue weighted by molar-refractivity contribution is 0.0961. The molecule has 0 radical (unpaired) electrons. The van der Waals surface area contributed by atoms with Crippen LogP contribution in [0.4, 0.5) is 5.82 Å². The molecule has 0 saturated carbocycles. The van der Waals surface area contributed by atoms with E-state index in [1.807, 2.05) is 50.2 Å². The number of pyridine rings is 1. The number of nitrogens with one attached hydrogen (secondary N) is 2. The summed E-state index contributed by atoms with van der Waals surface area (Å²) in [5.74, 6) is -0.618. The zero-order chi connectivity index (χ0) is 26.8. The Morgan fingerprint density at radius 3 is 2.34 bits per heavy atom. The van der Waals surface area contributed by atoms with Crippen molar-refractivity contribution in [3.05, 3.63) is 105 Å². The highest BCUT2D eigenvalue weighted by molar-refractivity contribution is 6.38. The topological polar surface area (TPSA) is 101 Å². The molecule has 2 N–H and O–H groups in total. The molecule has 8 nitrogen and oxygen atoms in total. The van der Waals surface area contributed by atoms with Gasteiger partial charge in [-0.15, -0.1) is 0 Å². The van der Waals surface area contributed by atoms with Crippen LogP contribution in [0.5, 0.6) is 0 Å². The molecule has 3 heterocycles. The van der Waals surface area contributed by atoms with Crippen LogP contribution in [-0.4, -0.2) is 38.8 Å². The van der Waals surface area contributed by atoms with Crippen LogP contribution in [0.15, 0.2) is 89.2 Å². The Bertz CT molecular complexity index is 1610. The van der Waals surface area contributed by atoms with E-state index in [4.69, 9.17) is 23.2 Å². The normalized spacial score (nSPS) is 12.9. The Labute approximate surface area is 229 Å². The fourth-order valence-corrected chi connectivity index (χ4v) is 4.62. The number of hydrogen-bond donors (Lipinski definition) is 2. The van der Waals surface area contributed by atoms with E-state index in [0.717, 1.165) is 11.3 Å². The summed E-state index contributed by atoms with van der Waals surface area (Å²) < 4.78 is 1.49. The Morgan fingerprint density at radius 2 is 1.66 bits per heavy atom. The van der Waals surface area contributed by atoms with E-state index in [2.05, 4.69) is 25.7 Å². The predicted molar refractivity (Wildman–Crippen MR) is 149 cm³/mol. The number of carbonyl (C=O) groups is 2. The maximum Gasteiger partial charge on any atom is 0.276 e. The molecule has 0 unspecified atom stereocenters. The fraction of sp³-hybridized carbons (Fsp3) is 0.107. The molecule has 2 aromatic heterocycles. The smallest absolute Gasteiger partial charge is 0.276 e. The first-order valence-electron chi connectivity index (χ1n) is 11.7. The third kappa shape index (κ3) is 5.09. The predicted octanol–water partition coefficient (Wildman–Crippen LogP) is 5.97. The number of aromatic nitrogens is 3. The fourth-order valence-electron chi connectivity index (χ4n) is 4.05. The second-order valence-electron chi connectivity index (χ2n) is 8.65. The van der Waals surface area contributed by atoms with Crippen LogP contribution in [0.1, 0.15) is 34.7 Å². The Morgan fingerprint density at radius 1 is 0.895 bits per heavy atom. The molecule has 38 heavy (non-hydrogen) atoms. The summed E-state index contributed by atoms with van der Waals surface area (Å²) >= 11 is 12.8. The van der Waals surface area contributed by atoms with E-state index in [9.17, 15) is 9.59 Å². The van der Waals surface area contributed by atoms with Gasteiger partial charge in [0.2, 0.25) is 0 Å². The number of nitrogens with zero attached hydrogens (tertiary/aromatic N) is 4. The molecule has 0 bridgehead atoms. The standard InChI is InChI=1S/C28H22Cl2N6O2/c1-16-15-32-17(2)26(16)34-28(38)24-14-25(36(35-24)18-8-4-3-5-9-18)33-27(37)20-12-19(21(29)13-22(20)30)23-10-6-7-11-31-23/h3-14H,15H2,1-2H3,(H,33,37)(H,34,38). The minimum atomic E-state index is -0.495. The second-order valence-corrected chi connectivity index (χ2v) is 9.47. The summed E-state index contributed by atoms with van der Waals surface area (Å²) in [6.07, 6.45) is 1.64. The Kier molecular flexibility index (Phi) is 7.09. The van der Waals surface area contributed by atoms with Crippen molar-refractivity contribution in [2.45, 2.75) is 13.8 Å². The molecule has 0 saturated heterocycles. The Hall–Kier alpha value is -4.27. The lowest BCUT2D eigenvalue weighted by Gasteiger charge is -2.12. The van der Waals surface area contributed by atoms with Crippen molar-refractivity contribution in [2.24, 2.45) is 4.99 Å². The quantitative estimate of drug-likeness (QED) is 0.312. The van der Waals surface area contributed by atoms with Crippen LogP contribution >= 0.6 is 23.2 Å².